The van der Waals surface area contributed by atoms with Crippen LogP contribution in [-0.2, 0) is 11.3 Å². The number of pyridine rings is 1. The molecule has 0 radical (unpaired) electrons. The van der Waals surface area contributed by atoms with E-state index in [9.17, 15) is 23.9 Å². The van der Waals surface area contributed by atoms with E-state index in [2.05, 4.69) is 10.3 Å². The van der Waals surface area contributed by atoms with Crippen LogP contribution in [0.1, 0.15) is 29.9 Å². The number of halogens is 1. The molecule has 0 aliphatic heterocycles. The Bertz CT molecular complexity index is 1240. The molecule has 0 aliphatic rings. The molecule has 0 spiro atoms. The van der Waals surface area contributed by atoms with E-state index in [0.29, 0.717) is 23.5 Å². The number of nitrogens with zero attached hydrogens (tertiary/aromatic N) is 4. The van der Waals surface area contributed by atoms with Crippen LogP contribution in [0.4, 0.5) is 15.8 Å². The van der Waals surface area contributed by atoms with Gasteiger partial charge >= 0.3 is 5.56 Å². The van der Waals surface area contributed by atoms with Crippen molar-refractivity contribution in [2.24, 2.45) is 0 Å². The van der Waals surface area contributed by atoms with E-state index >= 15 is 0 Å². The molecule has 0 saturated carbocycles. The largest absolute Gasteiger partial charge is 0.501 e. The monoisotopic (exact) mass is 441 g/mol. The first kappa shape index (κ1) is 22.7. The van der Waals surface area contributed by atoms with Crippen LogP contribution in [0.25, 0.3) is 5.65 Å². The van der Waals surface area contributed by atoms with E-state index in [1.807, 2.05) is 0 Å². The molecule has 2 aromatic heterocycles. The number of nitrogens with one attached hydrogen (secondary N) is 1. The third kappa shape index (κ3) is 4.39. The van der Waals surface area contributed by atoms with E-state index in [0.717, 1.165) is 4.40 Å². The molecule has 32 heavy (non-hydrogen) atoms. The van der Waals surface area contributed by atoms with Gasteiger partial charge in [0.05, 0.1) is 11.4 Å². The van der Waals surface area contributed by atoms with E-state index in [-0.39, 0.29) is 18.1 Å². The maximum Gasteiger partial charge on any atom is 0.301 e. The number of rotatable bonds is 6. The molecule has 0 atom stereocenters. The summed E-state index contributed by atoms with van der Waals surface area (Å²) in [5.74, 6) is -2.26. The van der Waals surface area contributed by atoms with E-state index in [4.69, 9.17) is 0 Å². The highest BCUT2D eigenvalue weighted by atomic mass is 19.1. The average molecular weight is 441 g/mol. The zero-order valence-corrected chi connectivity index (χ0v) is 18.2. The number of hydrogen-bond donors (Lipinski definition) is 2. The lowest BCUT2D eigenvalue weighted by Crippen LogP contribution is -2.32. The summed E-state index contributed by atoms with van der Waals surface area (Å²) >= 11 is 0. The van der Waals surface area contributed by atoms with Gasteiger partial charge in [-0.2, -0.15) is 0 Å². The van der Waals surface area contributed by atoms with E-state index < -0.39 is 28.7 Å². The predicted molar refractivity (Wildman–Crippen MR) is 119 cm³/mol. The summed E-state index contributed by atoms with van der Waals surface area (Å²) in [7, 11) is 3.54. The molecule has 2 amide bonds. The van der Waals surface area contributed by atoms with Gasteiger partial charge in [-0.05, 0) is 30.7 Å². The number of amides is 2. The zero-order valence-electron chi connectivity index (χ0n) is 18.2. The van der Waals surface area contributed by atoms with Gasteiger partial charge in [0.15, 0.2) is 11.3 Å². The summed E-state index contributed by atoms with van der Waals surface area (Å²) in [6.45, 7) is 3.51. The van der Waals surface area contributed by atoms with Gasteiger partial charge in [-0.1, -0.05) is 12.1 Å². The Balaban J connectivity index is 2.12. The Labute approximate surface area is 183 Å². The molecule has 1 aromatic carbocycles. The smallest absolute Gasteiger partial charge is 0.301 e. The lowest BCUT2D eigenvalue weighted by molar-refractivity contribution is -0.116. The van der Waals surface area contributed by atoms with Crippen molar-refractivity contribution in [3.05, 3.63) is 64.0 Å². The van der Waals surface area contributed by atoms with E-state index in [1.165, 1.54) is 42.3 Å². The number of carbonyl (C=O) groups excluding carboxylic acids is 2. The average Bonchev–Trinajstić information content (AvgIpc) is 2.75. The molecular formula is C22H24FN5O4. The van der Waals surface area contributed by atoms with Crippen LogP contribution in [0.5, 0.6) is 5.75 Å². The van der Waals surface area contributed by atoms with Crippen LogP contribution < -0.4 is 20.7 Å². The second-order valence-corrected chi connectivity index (χ2v) is 7.36. The van der Waals surface area contributed by atoms with Crippen LogP contribution >= 0.6 is 0 Å². The number of benzene rings is 1. The quantitative estimate of drug-likeness (QED) is 0.605. The maximum absolute atomic E-state index is 13.1. The maximum atomic E-state index is 13.1. The number of anilines is 2. The third-order valence-corrected chi connectivity index (χ3v) is 4.95. The summed E-state index contributed by atoms with van der Waals surface area (Å²) < 4.78 is 14.2. The topological polar surface area (TPSA) is 107 Å². The van der Waals surface area contributed by atoms with Crippen LogP contribution in [0.3, 0.4) is 0 Å². The zero-order chi connectivity index (χ0) is 23.6. The molecule has 2 N–H and O–H groups in total. The summed E-state index contributed by atoms with van der Waals surface area (Å²) in [6.07, 6.45) is 1.47. The Morgan fingerprint density at radius 1 is 1.22 bits per heavy atom. The van der Waals surface area contributed by atoms with Crippen LogP contribution in [0.2, 0.25) is 0 Å². The highest BCUT2D eigenvalue weighted by Gasteiger charge is 2.23. The number of aromatic hydroxyl groups is 1. The van der Waals surface area contributed by atoms with Crippen molar-refractivity contribution >= 4 is 28.8 Å². The fourth-order valence-corrected chi connectivity index (χ4v) is 3.23. The van der Waals surface area contributed by atoms with Gasteiger partial charge in [-0.3, -0.25) is 18.8 Å². The van der Waals surface area contributed by atoms with Crippen LogP contribution in [-0.4, -0.2) is 46.9 Å². The molecule has 10 heteroatoms. The Morgan fingerprint density at radius 3 is 2.44 bits per heavy atom. The van der Waals surface area contributed by atoms with Gasteiger partial charge in [-0.25, -0.2) is 9.37 Å². The first-order valence-corrected chi connectivity index (χ1v) is 9.91. The highest BCUT2D eigenvalue weighted by molar-refractivity contribution is 5.98. The molecule has 0 saturated heterocycles. The Kier molecular flexibility index (Phi) is 6.42. The minimum absolute atomic E-state index is 0.0422. The van der Waals surface area contributed by atoms with Crippen LogP contribution in [0.15, 0.2) is 41.3 Å². The Hall–Kier alpha value is -3.95. The summed E-state index contributed by atoms with van der Waals surface area (Å²) in [6, 6.07) is 7.21. The van der Waals surface area contributed by atoms with Gasteiger partial charge in [0.25, 0.3) is 5.91 Å². The van der Waals surface area contributed by atoms with Crippen molar-refractivity contribution in [3.8, 4) is 5.75 Å². The Morgan fingerprint density at radius 2 is 1.88 bits per heavy atom. The number of carbonyl (C=O) groups is 2. The van der Waals surface area contributed by atoms with Crippen LogP contribution in [0, 0.1) is 5.82 Å². The summed E-state index contributed by atoms with van der Waals surface area (Å²) in [5, 5.41) is 13.0. The second-order valence-electron chi connectivity index (χ2n) is 7.36. The van der Waals surface area contributed by atoms with E-state index in [1.54, 1.807) is 32.0 Å². The molecule has 2 heterocycles. The molecule has 0 unspecified atom stereocenters. The van der Waals surface area contributed by atoms with Crippen molar-refractivity contribution < 1.29 is 19.1 Å². The van der Waals surface area contributed by atoms with Crippen molar-refractivity contribution in [1.82, 2.24) is 14.7 Å². The molecule has 0 bridgehead atoms. The summed E-state index contributed by atoms with van der Waals surface area (Å²) in [5.41, 5.74) is 0.311. The minimum Gasteiger partial charge on any atom is -0.501 e. The lowest BCUT2D eigenvalue weighted by Gasteiger charge is -2.23. The van der Waals surface area contributed by atoms with Crippen molar-refractivity contribution in [3.63, 3.8) is 0 Å². The van der Waals surface area contributed by atoms with Gasteiger partial charge in [-0.15, -0.1) is 0 Å². The van der Waals surface area contributed by atoms with Crippen molar-refractivity contribution in [1.29, 1.82) is 0 Å². The normalized spacial score (nSPS) is 10.8. The third-order valence-electron chi connectivity index (χ3n) is 4.95. The molecule has 0 fully saturated rings. The first-order chi connectivity index (χ1) is 15.1. The van der Waals surface area contributed by atoms with Gasteiger partial charge in [0.2, 0.25) is 11.7 Å². The first-order valence-electron chi connectivity index (χ1n) is 9.91. The van der Waals surface area contributed by atoms with Gasteiger partial charge in [0.1, 0.15) is 5.82 Å². The summed E-state index contributed by atoms with van der Waals surface area (Å²) in [4.78, 5) is 45.2. The molecule has 0 aliphatic carbocycles. The fourth-order valence-electron chi connectivity index (χ4n) is 3.23. The minimum atomic E-state index is -0.841. The van der Waals surface area contributed by atoms with Gasteiger partial charge < -0.3 is 20.2 Å². The van der Waals surface area contributed by atoms with Gasteiger partial charge in [0, 0.05) is 40.3 Å². The second kappa shape index (κ2) is 9.04. The van der Waals surface area contributed by atoms with Crippen molar-refractivity contribution in [2.75, 3.05) is 30.4 Å². The predicted octanol–water partition coefficient (Wildman–Crippen LogP) is 1.91. The molecular weight excluding hydrogens is 417 g/mol. The molecule has 168 valence electrons. The molecule has 9 nitrogen and oxygen atoms in total. The standard InChI is InChI=1S/C22H24FN5O4/c1-5-27(13(2)29)17-10-16(26(3)4)12-28-20(17)25-18(19(30)22(28)32)21(31)24-11-14-6-8-15(23)9-7-14/h6-10,12,30H,5,11H2,1-4H3,(H,24,31). The lowest BCUT2D eigenvalue weighted by atomic mass is 10.2. The number of aromatic nitrogens is 2. The fraction of sp³-hybridized carbons (Fsp3) is 0.273. The molecule has 3 aromatic rings. The molecule has 3 rings (SSSR count). The van der Waals surface area contributed by atoms with Crippen molar-refractivity contribution in [2.45, 2.75) is 20.4 Å². The highest BCUT2D eigenvalue weighted by Crippen LogP contribution is 2.27. The number of hydrogen-bond acceptors (Lipinski definition) is 6. The SMILES string of the molecule is CCN(C(C)=O)c1cc(N(C)C)cn2c(=O)c(O)c(C(=O)NCc3ccc(F)cc3)nc12. The number of fused-ring (bicyclic) bond motifs is 1.